The Morgan fingerprint density at radius 2 is 1.80 bits per heavy atom. The second-order valence-electron chi connectivity index (χ2n) is 6.69. The predicted octanol–water partition coefficient (Wildman–Crippen LogP) is 3.74. The van der Waals surface area contributed by atoms with Gasteiger partial charge in [0.1, 0.15) is 11.4 Å². The summed E-state index contributed by atoms with van der Waals surface area (Å²) in [5.74, 6) is 1.50. The lowest BCUT2D eigenvalue weighted by atomic mass is 9.98. The zero-order valence-corrected chi connectivity index (χ0v) is 13.0. The number of para-hydroxylation sites is 1. The standard InChI is InChI=1S/C17H25NO2/c1-13-9-11-18(12-10-13)16(19)14-7-5-6-8-15(14)20-17(2,3)4/h5-8,13H,9-12H2,1-4H3. The number of piperidine rings is 1. The summed E-state index contributed by atoms with van der Waals surface area (Å²) in [5.41, 5.74) is 0.379. The summed E-state index contributed by atoms with van der Waals surface area (Å²) in [6, 6.07) is 7.55. The summed E-state index contributed by atoms with van der Waals surface area (Å²) in [6.07, 6.45) is 2.18. The van der Waals surface area contributed by atoms with E-state index in [2.05, 4.69) is 6.92 Å². The van der Waals surface area contributed by atoms with E-state index in [1.165, 1.54) is 0 Å². The van der Waals surface area contributed by atoms with Gasteiger partial charge in [0, 0.05) is 13.1 Å². The summed E-state index contributed by atoms with van der Waals surface area (Å²) in [6.45, 7) is 9.94. The molecule has 1 fully saturated rings. The Labute approximate surface area is 121 Å². The zero-order valence-electron chi connectivity index (χ0n) is 13.0. The molecule has 0 N–H and O–H groups in total. The van der Waals surface area contributed by atoms with E-state index in [1.807, 2.05) is 49.9 Å². The topological polar surface area (TPSA) is 29.5 Å². The van der Waals surface area contributed by atoms with Gasteiger partial charge in [-0.2, -0.15) is 0 Å². The van der Waals surface area contributed by atoms with E-state index in [0.29, 0.717) is 11.3 Å². The van der Waals surface area contributed by atoms with Crippen molar-refractivity contribution in [2.45, 2.75) is 46.1 Å². The van der Waals surface area contributed by atoms with E-state index in [1.54, 1.807) is 0 Å². The number of rotatable bonds is 2. The van der Waals surface area contributed by atoms with Crippen molar-refractivity contribution in [2.24, 2.45) is 5.92 Å². The third-order valence-electron chi connectivity index (χ3n) is 3.60. The first-order valence-electron chi connectivity index (χ1n) is 7.44. The Morgan fingerprint density at radius 3 is 2.40 bits per heavy atom. The van der Waals surface area contributed by atoms with E-state index in [0.717, 1.165) is 31.8 Å². The first-order valence-corrected chi connectivity index (χ1v) is 7.44. The lowest BCUT2D eigenvalue weighted by Gasteiger charge is -2.31. The highest BCUT2D eigenvalue weighted by atomic mass is 16.5. The number of carbonyl (C=O) groups excluding carboxylic acids is 1. The van der Waals surface area contributed by atoms with Gasteiger partial charge in [0.25, 0.3) is 5.91 Å². The van der Waals surface area contributed by atoms with Crippen molar-refractivity contribution in [3.8, 4) is 5.75 Å². The van der Waals surface area contributed by atoms with Gasteiger partial charge in [-0.3, -0.25) is 4.79 Å². The SMILES string of the molecule is CC1CCN(C(=O)c2ccccc2OC(C)(C)C)CC1. The zero-order chi connectivity index (χ0) is 14.8. The molecule has 0 saturated carbocycles. The summed E-state index contributed by atoms with van der Waals surface area (Å²) in [4.78, 5) is 14.6. The smallest absolute Gasteiger partial charge is 0.257 e. The normalized spacial score (nSPS) is 17.1. The molecule has 1 heterocycles. The fourth-order valence-corrected chi connectivity index (χ4v) is 2.44. The molecule has 1 aliphatic heterocycles. The van der Waals surface area contributed by atoms with Crippen LogP contribution < -0.4 is 4.74 Å². The lowest BCUT2D eigenvalue weighted by Crippen LogP contribution is -2.38. The first kappa shape index (κ1) is 14.9. The van der Waals surface area contributed by atoms with Crippen LogP contribution in [0.1, 0.15) is 50.9 Å². The Morgan fingerprint density at radius 1 is 1.20 bits per heavy atom. The molecule has 3 heteroatoms. The molecule has 0 aliphatic carbocycles. The summed E-state index contributed by atoms with van der Waals surface area (Å²) >= 11 is 0. The summed E-state index contributed by atoms with van der Waals surface area (Å²) in [7, 11) is 0. The van der Waals surface area contributed by atoms with Gasteiger partial charge >= 0.3 is 0 Å². The number of benzene rings is 1. The Hall–Kier alpha value is -1.51. The fourth-order valence-electron chi connectivity index (χ4n) is 2.44. The minimum absolute atomic E-state index is 0.0942. The van der Waals surface area contributed by atoms with Crippen molar-refractivity contribution >= 4 is 5.91 Å². The number of ether oxygens (including phenoxy) is 1. The summed E-state index contributed by atoms with van der Waals surface area (Å²) < 4.78 is 5.92. The molecule has 20 heavy (non-hydrogen) atoms. The van der Waals surface area contributed by atoms with Gasteiger partial charge < -0.3 is 9.64 Å². The second kappa shape index (κ2) is 5.86. The van der Waals surface area contributed by atoms with Crippen LogP contribution in [0.4, 0.5) is 0 Å². The average molecular weight is 275 g/mol. The van der Waals surface area contributed by atoms with Crippen molar-refractivity contribution < 1.29 is 9.53 Å². The van der Waals surface area contributed by atoms with Crippen LogP contribution in [0.2, 0.25) is 0 Å². The van der Waals surface area contributed by atoms with Crippen molar-refractivity contribution in [1.82, 2.24) is 4.90 Å². The van der Waals surface area contributed by atoms with Crippen molar-refractivity contribution in [1.29, 1.82) is 0 Å². The molecule has 0 spiro atoms. The van der Waals surface area contributed by atoms with Crippen LogP contribution in [-0.2, 0) is 0 Å². The van der Waals surface area contributed by atoms with Gasteiger partial charge in [0.05, 0.1) is 5.56 Å². The van der Waals surface area contributed by atoms with Crippen molar-refractivity contribution in [3.63, 3.8) is 0 Å². The number of amides is 1. The minimum atomic E-state index is -0.299. The molecule has 1 saturated heterocycles. The number of hydrogen-bond acceptors (Lipinski definition) is 2. The van der Waals surface area contributed by atoms with Crippen molar-refractivity contribution in [2.75, 3.05) is 13.1 Å². The van der Waals surface area contributed by atoms with Gasteiger partial charge in [-0.15, -0.1) is 0 Å². The van der Waals surface area contributed by atoms with E-state index >= 15 is 0 Å². The number of nitrogens with zero attached hydrogens (tertiary/aromatic N) is 1. The van der Waals surface area contributed by atoms with Crippen LogP contribution in [0.3, 0.4) is 0 Å². The fraction of sp³-hybridized carbons (Fsp3) is 0.588. The highest BCUT2D eigenvalue weighted by molar-refractivity contribution is 5.97. The average Bonchev–Trinajstić information content (AvgIpc) is 2.37. The van der Waals surface area contributed by atoms with Gasteiger partial charge in [-0.05, 0) is 51.7 Å². The molecule has 1 aromatic carbocycles. The molecule has 0 radical (unpaired) electrons. The van der Waals surface area contributed by atoms with Crippen LogP contribution >= 0.6 is 0 Å². The lowest BCUT2D eigenvalue weighted by molar-refractivity contribution is 0.0682. The van der Waals surface area contributed by atoms with E-state index in [-0.39, 0.29) is 11.5 Å². The molecule has 1 amide bonds. The highest BCUT2D eigenvalue weighted by Gasteiger charge is 2.25. The van der Waals surface area contributed by atoms with Crippen LogP contribution in [0.5, 0.6) is 5.75 Å². The van der Waals surface area contributed by atoms with Crippen LogP contribution in [-0.4, -0.2) is 29.5 Å². The molecule has 3 nitrogen and oxygen atoms in total. The van der Waals surface area contributed by atoms with E-state index < -0.39 is 0 Å². The molecule has 0 bridgehead atoms. The molecular formula is C17H25NO2. The maximum atomic E-state index is 12.7. The quantitative estimate of drug-likeness (QED) is 0.823. The minimum Gasteiger partial charge on any atom is -0.487 e. The maximum Gasteiger partial charge on any atom is 0.257 e. The monoisotopic (exact) mass is 275 g/mol. The molecule has 1 aromatic rings. The third kappa shape index (κ3) is 3.75. The van der Waals surface area contributed by atoms with E-state index in [4.69, 9.17) is 4.74 Å². The van der Waals surface area contributed by atoms with Gasteiger partial charge in [-0.1, -0.05) is 19.1 Å². The van der Waals surface area contributed by atoms with Crippen LogP contribution in [0, 0.1) is 5.92 Å². The van der Waals surface area contributed by atoms with Crippen molar-refractivity contribution in [3.05, 3.63) is 29.8 Å². The maximum absolute atomic E-state index is 12.7. The highest BCUT2D eigenvalue weighted by Crippen LogP contribution is 2.26. The number of hydrogen-bond donors (Lipinski definition) is 0. The Balaban J connectivity index is 2.17. The second-order valence-corrected chi connectivity index (χ2v) is 6.69. The van der Waals surface area contributed by atoms with Gasteiger partial charge in [0.15, 0.2) is 0 Å². The Kier molecular flexibility index (Phi) is 4.36. The molecule has 1 aliphatic rings. The molecule has 0 atom stereocenters. The number of likely N-dealkylation sites (tertiary alicyclic amines) is 1. The largest absolute Gasteiger partial charge is 0.487 e. The van der Waals surface area contributed by atoms with Crippen LogP contribution in [0.25, 0.3) is 0 Å². The first-order chi connectivity index (χ1) is 9.37. The number of carbonyl (C=O) groups is 1. The molecular weight excluding hydrogens is 250 g/mol. The molecule has 0 unspecified atom stereocenters. The summed E-state index contributed by atoms with van der Waals surface area (Å²) in [5, 5.41) is 0. The molecule has 110 valence electrons. The Bertz CT molecular complexity index is 468. The van der Waals surface area contributed by atoms with Crippen LogP contribution in [0.15, 0.2) is 24.3 Å². The van der Waals surface area contributed by atoms with Gasteiger partial charge in [-0.25, -0.2) is 0 Å². The van der Waals surface area contributed by atoms with Gasteiger partial charge in [0.2, 0.25) is 0 Å². The third-order valence-corrected chi connectivity index (χ3v) is 3.60. The van der Waals surface area contributed by atoms with E-state index in [9.17, 15) is 4.79 Å². The molecule has 0 aromatic heterocycles. The predicted molar refractivity (Wildman–Crippen MR) is 81.1 cm³/mol. The molecule has 2 rings (SSSR count).